The minimum atomic E-state index is -0.470. The van der Waals surface area contributed by atoms with E-state index in [1.54, 1.807) is 0 Å². The molecule has 114 valence electrons. The van der Waals surface area contributed by atoms with Gasteiger partial charge in [-0.3, -0.25) is 10.1 Å². The molecule has 1 amide bonds. The van der Waals surface area contributed by atoms with E-state index in [9.17, 15) is 4.79 Å². The lowest BCUT2D eigenvalue weighted by atomic mass is 10.0. The highest BCUT2D eigenvalue weighted by Crippen LogP contribution is 2.34. The molecule has 1 aromatic carbocycles. The third kappa shape index (κ3) is 3.29. The number of carbonyl (C=O) groups excluding carboxylic acids is 1. The molecule has 21 heavy (non-hydrogen) atoms. The van der Waals surface area contributed by atoms with Crippen molar-refractivity contribution < 1.29 is 14.3 Å². The van der Waals surface area contributed by atoms with E-state index in [1.165, 1.54) is 25.7 Å². The summed E-state index contributed by atoms with van der Waals surface area (Å²) in [6.45, 7) is 0.232. The fourth-order valence-corrected chi connectivity index (χ4v) is 3.12. The van der Waals surface area contributed by atoms with Gasteiger partial charge in [0.2, 0.25) is 12.7 Å². The molecule has 1 fully saturated rings. The minimum absolute atomic E-state index is 0.232. The molecule has 1 atom stereocenters. The molecule has 1 aliphatic carbocycles. The topological polar surface area (TPSA) is 73.6 Å². The molecule has 2 aliphatic rings. The number of hydrogen-bond donors (Lipinski definition) is 2. The second kappa shape index (κ2) is 6.35. The number of fused-ring (bicyclic) bond motifs is 1. The smallest absolute Gasteiger partial charge is 0.239 e. The molecule has 0 radical (unpaired) electrons. The lowest BCUT2D eigenvalue weighted by molar-refractivity contribution is -0.120. The van der Waals surface area contributed by atoms with Crippen LogP contribution in [0.15, 0.2) is 18.2 Å². The summed E-state index contributed by atoms with van der Waals surface area (Å²) in [7, 11) is 0. The van der Waals surface area contributed by atoms with E-state index in [2.05, 4.69) is 5.32 Å². The number of carbonyl (C=O) groups is 1. The fraction of sp³-hybridized carbons (Fsp3) is 0.562. The Bertz CT molecular complexity index is 510. The maximum absolute atomic E-state index is 11.8. The van der Waals surface area contributed by atoms with Crippen LogP contribution >= 0.6 is 0 Å². The molecular weight excluding hydrogens is 268 g/mol. The van der Waals surface area contributed by atoms with Gasteiger partial charge in [0, 0.05) is 6.04 Å². The van der Waals surface area contributed by atoms with Crippen molar-refractivity contribution in [3.05, 3.63) is 23.8 Å². The number of benzene rings is 1. The lowest BCUT2D eigenvalue weighted by Crippen LogP contribution is -2.39. The van der Waals surface area contributed by atoms with E-state index in [0.29, 0.717) is 11.8 Å². The second-order valence-corrected chi connectivity index (χ2v) is 5.80. The van der Waals surface area contributed by atoms with Crippen LogP contribution in [0.2, 0.25) is 0 Å². The highest BCUT2D eigenvalue weighted by Gasteiger charge is 2.24. The highest BCUT2D eigenvalue weighted by molar-refractivity contribution is 5.81. The Labute approximate surface area is 124 Å². The van der Waals surface area contributed by atoms with Crippen molar-refractivity contribution in [2.45, 2.75) is 50.6 Å². The first-order valence-corrected chi connectivity index (χ1v) is 7.69. The molecule has 1 aliphatic heterocycles. The number of nitrogens with one attached hydrogen (secondary N) is 1. The lowest BCUT2D eigenvalue weighted by Gasteiger charge is -2.23. The number of nitrogens with two attached hydrogens (primary N) is 1. The van der Waals surface area contributed by atoms with Crippen molar-refractivity contribution in [3.8, 4) is 11.5 Å². The molecule has 3 rings (SSSR count). The van der Waals surface area contributed by atoms with E-state index in [1.807, 2.05) is 18.2 Å². The molecular formula is C16H22N2O3. The number of hydrogen-bond acceptors (Lipinski definition) is 4. The summed E-state index contributed by atoms with van der Waals surface area (Å²) >= 11 is 0. The van der Waals surface area contributed by atoms with Crippen molar-refractivity contribution in [1.82, 2.24) is 5.32 Å². The van der Waals surface area contributed by atoms with Crippen LogP contribution in [0.1, 0.15) is 50.1 Å². The van der Waals surface area contributed by atoms with Gasteiger partial charge in [0.05, 0.1) is 0 Å². The van der Waals surface area contributed by atoms with Crippen molar-refractivity contribution in [1.29, 1.82) is 0 Å². The third-order valence-corrected chi connectivity index (χ3v) is 4.27. The van der Waals surface area contributed by atoms with E-state index in [4.69, 9.17) is 15.2 Å². The fourth-order valence-electron chi connectivity index (χ4n) is 3.12. The second-order valence-electron chi connectivity index (χ2n) is 5.80. The molecule has 0 aromatic heterocycles. The van der Waals surface area contributed by atoms with Crippen molar-refractivity contribution in [3.63, 3.8) is 0 Å². The van der Waals surface area contributed by atoms with Crippen LogP contribution in [0.5, 0.6) is 11.5 Å². The van der Waals surface area contributed by atoms with Gasteiger partial charge in [-0.15, -0.1) is 0 Å². The molecule has 0 saturated heterocycles. The highest BCUT2D eigenvalue weighted by atomic mass is 16.7. The Kier molecular flexibility index (Phi) is 4.29. The van der Waals surface area contributed by atoms with Gasteiger partial charge in [0.25, 0.3) is 0 Å². The Morgan fingerprint density at radius 2 is 1.86 bits per heavy atom. The molecule has 5 heteroatoms. The van der Waals surface area contributed by atoms with Crippen molar-refractivity contribution in [2.24, 2.45) is 5.73 Å². The summed E-state index contributed by atoms with van der Waals surface area (Å²) < 4.78 is 10.7. The quantitative estimate of drug-likeness (QED) is 0.834. The third-order valence-electron chi connectivity index (χ3n) is 4.27. The molecule has 1 heterocycles. The summed E-state index contributed by atoms with van der Waals surface area (Å²) in [5, 5.41) is 3.43. The summed E-state index contributed by atoms with van der Waals surface area (Å²) in [5.74, 6) is 1.05. The molecule has 1 unspecified atom stereocenters. The SMILES string of the molecule is NC(=O)C(NC1CCCCCC1)c1ccc2c(c1)OCO2. The zero-order valence-corrected chi connectivity index (χ0v) is 12.1. The molecule has 0 spiro atoms. The maximum atomic E-state index is 11.8. The van der Waals surface area contributed by atoms with Gasteiger partial charge >= 0.3 is 0 Å². The average molecular weight is 290 g/mol. The minimum Gasteiger partial charge on any atom is -0.454 e. The van der Waals surface area contributed by atoms with Crippen LogP contribution in [0.4, 0.5) is 0 Å². The number of ether oxygens (including phenoxy) is 2. The Morgan fingerprint density at radius 1 is 1.14 bits per heavy atom. The first-order valence-electron chi connectivity index (χ1n) is 7.69. The standard InChI is InChI=1S/C16H22N2O3/c17-16(19)15(18-12-5-3-1-2-4-6-12)11-7-8-13-14(9-11)21-10-20-13/h7-9,12,15,18H,1-6,10H2,(H2,17,19). The van der Waals surface area contributed by atoms with Gasteiger partial charge in [-0.2, -0.15) is 0 Å². The largest absolute Gasteiger partial charge is 0.454 e. The van der Waals surface area contributed by atoms with Gasteiger partial charge in [-0.25, -0.2) is 0 Å². The molecule has 3 N–H and O–H groups in total. The van der Waals surface area contributed by atoms with Crippen LogP contribution in [-0.2, 0) is 4.79 Å². The Hall–Kier alpha value is -1.75. The molecule has 0 bridgehead atoms. The predicted molar refractivity (Wildman–Crippen MR) is 79.1 cm³/mol. The van der Waals surface area contributed by atoms with Gasteiger partial charge in [0.15, 0.2) is 11.5 Å². The molecule has 1 saturated carbocycles. The summed E-state index contributed by atoms with van der Waals surface area (Å²) in [6, 6.07) is 5.45. The van der Waals surface area contributed by atoms with Gasteiger partial charge < -0.3 is 15.2 Å². The maximum Gasteiger partial charge on any atom is 0.239 e. The van der Waals surface area contributed by atoms with Gasteiger partial charge in [0.1, 0.15) is 6.04 Å². The summed E-state index contributed by atoms with van der Waals surface area (Å²) in [6.07, 6.45) is 7.20. The van der Waals surface area contributed by atoms with Gasteiger partial charge in [-0.05, 0) is 30.5 Å². The van der Waals surface area contributed by atoms with Gasteiger partial charge in [-0.1, -0.05) is 31.7 Å². The zero-order valence-electron chi connectivity index (χ0n) is 12.1. The van der Waals surface area contributed by atoms with E-state index in [0.717, 1.165) is 24.2 Å². The number of primary amides is 1. The van der Waals surface area contributed by atoms with E-state index >= 15 is 0 Å². The van der Waals surface area contributed by atoms with Crippen LogP contribution in [-0.4, -0.2) is 18.7 Å². The molecule has 5 nitrogen and oxygen atoms in total. The monoisotopic (exact) mass is 290 g/mol. The first-order chi connectivity index (χ1) is 10.2. The Morgan fingerprint density at radius 3 is 2.57 bits per heavy atom. The van der Waals surface area contributed by atoms with Crippen molar-refractivity contribution >= 4 is 5.91 Å². The first kappa shape index (κ1) is 14.2. The Balaban J connectivity index is 1.76. The van der Waals surface area contributed by atoms with Crippen LogP contribution in [0, 0.1) is 0 Å². The van der Waals surface area contributed by atoms with E-state index < -0.39 is 6.04 Å². The predicted octanol–water partition coefficient (Wildman–Crippen LogP) is 2.25. The van der Waals surface area contributed by atoms with E-state index in [-0.39, 0.29) is 12.7 Å². The average Bonchev–Trinajstić information content (AvgIpc) is 2.79. The van der Waals surface area contributed by atoms with Crippen molar-refractivity contribution in [2.75, 3.05) is 6.79 Å². The number of rotatable bonds is 4. The normalized spacial score (nSPS) is 20.0. The zero-order chi connectivity index (χ0) is 14.7. The summed E-state index contributed by atoms with van der Waals surface area (Å²) in [4.78, 5) is 11.8. The van der Waals surface area contributed by atoms with Crippen LogP contribution < -0.4 is 20.5 Å². The number of amides is 1. The molecule has 1 aromatic rings. The van der Waals surface area contributed by atoms with Crippen LogP contribution in [0.25, 0.3) is 0 Å². The summed E-state index contributed by atoms with van der Waals surface area (Å²) in [5.41, 5.74) is 6.44. The van der Waals surface area contributed by atoms with Crippen LogP contribution in [0.3, 0.4) is 0 Å².